The molecule has 0 saturated heterocycles. The lowest BCUT2D eigenvalue weighted by Gasteiger charge is -2.05. The predicted molar refractivity (Wildman–Crippen MR) is 76.9 cm³/mol. The van der Waals surface area contributed by atoms with E-state index < -0.39 is 0 Å². The number of carbonyl (C=O) groups excluding carboxylic acids is 1. The van der Waals surface area contributed by atoms with Crippen LogP contribution < -0.4 is 5.32 Å². The molecule has 2 nitrogen and oxygen atoms in total. The molecule has 0 saturated carbocycles. The van der Waals surface area contributed by atoms with E-state index in [0.29, 0.717) is 12.1 Å². The first kappa shape index (κ1) is 11.7. The molecule has 1 aliphatic carbocycles. The number of rotatable bonds is 3. The van der Waals surface area contributed by atoms with Crippen molar-refractivity contribution < 1.29 is 4.79 Å². The Morgan fingerprint density at radius 1 is 1.00 bits per heavy atom. The standard InChI is InChI=1S/C17H15NO/c19-17(14-6-2-1-3-7-14)18-12-13-10-15-8-4-5-9-16(15)11-13/h1-10H,11-12H2,(H,18,19). The topological polar surface area (TPSA) is 29.1 Å². The molecule has 1 amide bonds. The van der Waals surface area contributed by atoms with Crippen molar-refractivity contribution in [2.45, 2.75) is 6.42 Å². The van der Waals surface area contributed by atoms with E-state index in [1.807, 2.05) is 36.4 Å². The van der Waals surface area contributed by atoms with Gasteiger partial charge in [0.25, 0.3) is 5.91 Å². The van der Waals surface area contributed by atoms with Crippen molar-refractivity contribution in [2.75, 3.05) is 6.54 Å². The van der Waals surface area contributed by atoms with Gasteiger partial charge in [0.05, 0.1) is 0 Å². The summed E-state index contributed by atoms with van der Waals surface area (Å²) in [6, 6.07) is 17.7. The number of hydrogen-bond acceptors (Lipinski definition) is 1. The van der Waals surface area contributed by atoms with Gasteiger partial charge in [-0.25, -0.2) is 0 Å². The summed E-state index contributed by atoms with van der Waals surface area (Å²) in [5.41, 5.74) is 4.57. The zero-order chi connectivity index (χ0) is 13.1. The van der Waals surface area contributed by atoms with Crippen LogP contribution >= 0.6 is 0 Å². The van der Waals surface area contributed by atoms with Crippen LogP contribution in [-0.4, -0.2) is 12.5 Å². The fraction of sp³-hybridized carbons (Fsp3) is 0.118. The number of amides is 1. The molecule has 94 valence electrons. The molecule has 3 rings (SSSR count). The van der Waals surface area contributed by atoms with Gasteiger partial charge in [0.15, 0.2) is 0 Å². The molecule has 0 aromatic heterocycles. The van der Waals surface area contributed by atoms with Gasteiger partial charge in [0, 0.05) is 12.1 Å². The highest BCUT2D eigenvalue weighted by atomic mass is 16.1. The van der Waals surface area contributed by atoms with Crippen LogP contribution in [0.5, 0.6) is 0 Å². The van der Waals surface area contributed by atoms with E-state index in [9.17, 15) is 4.79 Å². The number of nitrogens with one attached hydrogen (secondary N) is 1. The van der Waals surface area contributed by atoms with Gasteiger partial charge >= 0.3 is 0 Å². The van der Waals surface area contributed by atoms with Gasteiger partial charge in [0.1, 0.15) is 0 Å². The average Bonchev–Trinajstić information content (AvgIpc) is 2.88. The number of carbonyl (C=O) groups is 1. The van der Waals surface area contributed by atoms with E-state index in [2.05, 4.69) is 29.6 Å². The Morgan fingerprint density at radius 3 is 2.53 bits per heavy atom. The second-order valence-corrected chi connectivity index (χ2v) is 4.73. The molecule has 0 bridgehead atoms. The van der Waals surface area contributed by atoms with Crippen LogP contribution in [0.15, 0.2) is 60.2 Å². The van der Waals surface area contributed by atoms with E-state index in [1.54, 1.807) is 0 Å². The number of benzene rings is 2. The van der Waals surface area contributed by atoms with Gasteiger partial charge < -0.3 is 5.32 Å². The summed E-state index contributed by atoms with van der Waals surface area (Å²) in [6.07, 6.45) is 3.10. The fourth-order valence-corrected chi connectivity index (χ4v) is 2.35. The Kier molecular flexibility index (Phi) is 3.15. The van der Waals surface area contributed by atoms with Crippen LogP contribution in [0.25, 0.3) is 6.08 Å². The molecule has 2 heteroatoms. The summed E-state index contributed by atoms with van der Waals surface area (Å²) < 4.78 is 0. The first-order valence-corrected chi connectivity index (χ1v) is 6.43. The molecule has 0 aliphatic heterocycles. The third-order valence-electron chi connectivity index (χ3n) is 3.34. The highest BCUT2D eigenvalue weighted by molar-refractivity contribution is 5.94. The van der Waals surface area contributed by atoms with Gasteiger partial charge in [-0.1, -0.05) is 48.5 Å². The summed E-state index contributed by atoms with van der Waals surface area (Å²) in [6.45, 7) is 0.613. The lowest BCUT2D eigenvalue weighted by Crippen LogP contribution is -2.25. The van der Waals surface area contributed by atoms with Crippen molar-refractivity contribution in [3.05, 3.63) is 76.9 Å². The molecule has 0 unspecified atom stereocenters. The van der Waals surface area contributed by atoms with Crippen molar-refractivity contribution in [3.8, 4) is 0 Å². The summed E-state index contributed by atoms with van der Waals surface area (Å²) in [5, 5.41) is 2.97. The highest BCUT2D eigenvalue weighted by Crippen LogP contribution is 2.23. The molecule has 0 spiro atoms. The van der Waals surface area contributed by atoms with Crippen molar-refractivity contribution >= 4 is 12.0 Å². The van der Waals surface area contributed by atoms with Crippen LogP contribution in [0.4, 0.5) is 0 Å². The molecule has 2 aromatic rings. The van der Waals surface area contributed by atoms with Crippen LogP contribution in [0.2, 0.25) is 0 Å². The fourth-order valence-electron chi connectivity index (χ4n) is 2.35. The van der Waals surface area contributed by atoms with Gasteiger partial charge in [-0.05, 0) is 35.3 Å². The minimum absolute atomic E-state index is 0.0162. The summed E-state index contributed by atoms with van der Waals surface area (Å²) >= 11 is 0. The van der Waals surface area contributed by atoms with Crippen LogP contribution in [0.1, 0.15) is 21.5 Å². The maximum absolute atomic E-state index is 11.9. The van der Waals surface area contributed by atoms with Crippen molar-refractivity contribution in [1.82, 2.24) is 5.32 Å². The molecule has 1 N–H and O–H groups in total. The van der Waals surface area contributed by atoms with E-state index in [0.717, 1.165) is 6.42 Å². The molecule has 2 aromatic carbocycles. The van der Waals surface area contributed by atoms with Crippen molar-refractivity contribution in [1.29, 1.82) is 0 Å². The Hall–Kier alpha value is -2.35. The van der Waals surface area contributed by atoms with Crippen molar-refractivity contribution in [3.63, 3.8) is 0 Å². The monoisotopic (exact) mass is 249 g/mol. The normalized spacial score (nSPS) is 12.7. The zero-order valence-electron chi connectivity index (χ0n) is 10.6. The molecule has 19 heavy (non-hydrogen) atoms. The minimum Gasteiger partial charge on any atom is -0.348 e. The Balaban J connectivity index is 1.62. The quantitative estimate of drug-likeness (QED) is 0.890. The largest absolute Gasteiger partial charge is 0.348 e. The predicted octanol–water partition coefficient (Wildman–Crippen LogP) is 3.06. The summed E-state index contributed by atoms with van der Waals surface area (Å²) in [4.78, 5) is 11.9. The van der Waals surface area contributed by atoms with E-state index in [4.69, 9.17) is 0 Å². The van der Waals surface area contributed by atoms with E-state index >= 15 is 0 Å². The summed E-state index contributed by atoms with van der Waals surface area (Å²) in [7, 11) is 0. The minimum atomic E-state index is -0.0162. The number of hydrogen-bond donors (Lipinski definition) is 1. The van der Waals surface area contributed by atoms with Gasteiger partial charge in [-0.15, -0.1) is 0 Å². The third kappa shape index (κ3) is 2.58. The molecular weight excluding hydrogens is 234 g/mol. The maximum Gasteiger partial charge on any atom is 0.251 e. The summed E-state index contributed by atoms with van der Waals surface area (Å²) in [5.74, 6) is -0.0162. The smallest absolute Gasteiger partial charge is 0.251 e. The van der Waals surface area contributed by atoms with Gasteiger partial charge in [0.2, 0.25) is 0 Å². The van der Waals surface area contributed by atoms with E-state index in [-0.39, 0.29) is 5.91 Å². The highest BCUT2D eigenvalue weighted by Gasteiger charge is 2.12. The molecule has 1 aliphatic rings. The Morgan fingerprint density at radius 2 is 1.74 bits per heavy atom. The van der Waals surface area contributed by atoms with Crippen LogP contribution in [-0.2, 0) is 6.42 Å². The Bertz CT molecular complexity index is 629. The van der Waals surface area contributed by atoms with Crippen LogP contribution in [0.3, 0.4) is 0 Å². The third-order valence-corrected chi connectivity index (χ3v) is 3.34. The zero-order valence-corrected chi connectivity index (χ0v) is 10.6. The Labute approximate surface area is 112 Å². The molecular formula is C17H15NO. The van der Waals surface area contributed by atoms with Gasteiger partial charge in [-0.3, -0.25) is 4.79 Å². The van der Waals surface area contributed by atoms with Crippen molar-refractivity contribution in [2.24, 2.45) is 0 Å². The first-order chi connectivity index (χ1) is 9.33. The first-order valence-electron chi connectivity index (χ1n) is 6.43. The van der Waals surface area contributed by atoms with Gasteiger partial charge in [-0.2, -0.15) is 0 Å². The molecule has 0 heterocycles. The second kappa shape index (κ2) is 5.11. The maximum atomic E-state index is 11.9. The van der Waals surface area contributed by atoms with Crippen LogP contribution in [0, 0.1) is 0 Å². The second-order valence-electron chi connectivity index (χ2n) is 4.73. The average molecular weight is 249 g/mol. The molecule has 0 atom stereocenters. The van der Waals surface area contributed by atoms with E-state index in [1.165, 1.54) is 16.7 Å². The molecule has 0 fully saturated rings. The lowest BCUT2D eigenvalue weighted by molar-refractivity contribution is 0.0957. The molecule has 0 radical (unpaired) electrons. The lowest BCUT2D eigenvalue weighted by atomic mass is 10.1. The number of fused-ring (bicyclic) bond motifs is 1. The SMILES string of the molecule is O=C(NCC1=Cc2ccccc2C1)c1ccccc1.